The number of halogens is 2. The zero-order valence-corrected chi connectivity index (χ0v) is 21.6. The summed E-state index contributed by atoms with van der Waals surface area (Å²) >= 11 is 1.42. The van der Waals surface area contributed by atoms with E-state index in [0.29, 0.717) is 17.0 Å². The smallest absolute Gasteiger partial charge is 0.251 e. The summed E-state index contributed by atoms with van der Waals surface area (Å²) in [6.07, 6.45) is 0. The maximum atomic E-state index is 14.4. The summed E-state index contributed by atoms with van der Waals surface area (Å²) in [4.78, 5) is 30.6. The van der Waals surface area contributed by atoms with E-state index in [1.54, 1.807) is 0 Å². The van der Waals surface area contributed by atoms with Crippen LogP contribution in [0.2, 0.25) is 0 Å². The number of aromatic hydroxyl groups is 1. The summed E-state index contributed by atoms with van der Waals surface area (Å²) in [7, 11) is 0. The Bertz CT molecular complexity index is 1610. The summed E-state index contributed by atoms with van der Waals surface area (Å²) in [5.74, 6) is -1.92. The largest absolute Gasteiger partial charge is 0.508 e. The van der Waals surface area contributed by atoms with Gasteiger partial charge in [0.15, 0.2) is 0 Å². The van der Waals surface area contributed by atoms with Crippen LogP contribution in [0.15, 0.2) is 90.3 Å². The Balaban J connectivity index is 1.50. The van der Waals surface area contributed by atoms with E-state index in [2.05, 4.69) is 20.7 Å². The fourth-order valence-electron chi connectivity index (χ4n) is 4.04. The van der Waals surface area contributed by atoms with E-state index < -0.39 is 36.0 Å². The molecule has 12 heteroatoms. The van der Waals surface area contributed by atoms with Gasteiger partial charge in [0, 0.05) is 12.2 Å². The molecule has 0 radical (unpaired) electrons. The number of benzene rings is 3. The van der Waals surface area contributed by atoms with Gasteiger partial charge in [-0.1, -0.05) is 36.4 Å². The number of aromatic nitrogens is 4. The number of nitrogens with zero attached hydrogens (tertiary/aromatic N) is 5. The van der Waals surface area contributed by atoms with E-state index in [-0.39, 0.29) is 18.0 Å². The highest BCUT2D eigenvalue weighted by Gasteiger charge is 2.33. The lowest BCUT2D eigenvalue weighted by molar-refractivity contribution is -0.127. The number of nitrogens with one attached hydrogen (secondary N) is 1. The molecule has 40 heavy (non-hydrogen) atoms. The Morgan fingerprint density at radius 3 is 2.45 bits per heavy atom. The molecule has 0 fully saturated rings. The number of rotatable bonds is 9. The van der Waals surface area contributed by atoms with E-state index in [0.717, 1.165) is 20.6 Å². The molecule has 0 spiro atoms. The number of thiophene rings is 1. The second kappa shape index (κ2) is 11.8. The molecule has 0 aliphatic carbocycles. The van der Waals surface area contributed by atoms with Gasteiger partial charge in [0.05, 0.1) is 4.88 Å². The van der Waals surface area contributed by atoms with Gasteiger partial charge in [-0.25, -0.2) is 8.78 Å². The Morgan fingerprint density at radius 1 is 0.975 bits per heavy atom. The molecule has 0 bridgehead atoms. The highest BCUT2D eigenvalue weighted by Crippen LogP contribution is 2.30. The molecule has 5 rings (SSSR count). The van der Waals surface area contributed by atoms with Crippen LogP contribution in [0.3, 0.4) is 0 Å². The summed E-state index contributed by atoms with van der Waals surface area (Å²) in [5, 5.41) is 26.7. The van der Waals surface area contributed by atoms with Crippen LogP contribution in [0.25, 0.3) is 10.7 Å². The number of phenols is 1. The third kappa shape index (κ3) is 6.18. The Labute approximate surface area is 231 Å². The molecular weight excluding hydrogens is 538 g/mol. The van der Waals surface area contributed by atoms with Crippen molar-refractivity contribution in [1.82, 2.24) is 25.5 Å². The summed E-state index contributed by atoms with van der Waals surface area (Å²) in [5.41, 5.74) is 1.12. The predicted molar refractivity (Wildman–Crippen MR) is 144 cm³/mol. The van der Waals surface area contributed by atoms with Crippen LogP contribution >= 0.6 is 11.3 Å². The van der Waals surface area contributed by atoms with E-state index in [4.69, 9.17) is 0 Å². The van der Waals surface area contributed by atoms with Crippen molar-refractivity contribution in [2.45, 2.75) is 19.1 Å². The number of phenolic OH excluding ortho intramolecular Hbond substituents is 1. The van der Waals surface area contributed by atoms with Gasteiger partial charge in [-0.05, 0) is 70.3 Å². The summed E-state index contributed by atoms with van der Waals surface area (Å²) < 4.78 is 27.7. The average Bonchev–Trinajstić information content (AvgIpc) is 3.64. The lowest BCUT2D eigenvalue weighted by Gasteiger charge is -2.31. The number of anilines is 1. The molecule has 0 aliphatic rings. The maximum absolute atomic E-state index is 14.4. The van der Waals surface area contributed by atoms with Gasteiger partial charge in [-0.3, -0.25) is 14.5 Å². The Hall–Kier alpha value is -4.97. The molecule has 202 valence electrons. The first-order valence-electron chi connectivity index (χ1n) is 12.1. The first-order chi connectivity index (χ1) is 19.4. The standard InChI is InChI=1S/C28H22F2N6O3S/c29-20-10-6-18(7-11-20)16-31-28(39)26(19-8-12-23(37)13-9-19)36(22-4-1-3-21(30)15-22)25(38)17-35-33-27(32-34-35)24-5-2-14-40-24/h1-15,26,37H,16-17H2,(H,31,39)/t26-/m0/s1. The van der Waals surface area contributed by atoms with E-state index in [1.807, 2.05) is 17.5 Å². The molecule has 2 heterocycles. The second-order valence-electron chi connectivity index (χ2n) is 8.70. The molecule has 9 nitrogen and oxygen atoms in total. The van der Waals surface area contributed by atoms with Crippen LogP contribution in [0.1, 0.15) is 17.2 Å². The van der Waals surface area contributed by atoms with Crippen molar-refractivity contribution in [3.05, 3.63) is 113 Å². The monoisotopic (exact) mass is 560 g/mol. The minimum atomic E-state index is -1.27. The quantitative estimate of drug-likeness (QED) is 0.275. The number of amides is 2. The van der Waals surface area contributed by atoms with E-state index >= 15 is 0 Å². The van der Waals surface area contributed by atoms with Gasteiger partial charge in [-0.2, -0.15) is 4.80 Å². The van der Waals surface area contributed by atoms with Gasteiger partial charge in [-0.15, -0.1) is 21.5 Å². The van der Waals surface area contributed by atoms with Crippen LogP contribution < -0.4 is 10.2 Å². The number of carbonyl (C=O) groups excluding carboxylic acids is 2. The van der Waals surface area contributed by atoms with Crippen molar-refractivity contribution in [3.63, 3.8) is 0 Å². The SMILES string of the molecule is O=C(NCc1ccc(F)cc1)[C@H](c1ccc(O)cc1)N(C(=O)Cn1nnc(-c2cccs2)n1)c1cccc(F)c1. The molecule has 2 amide bonds. The number of tetrazole rings is 1. The Kier molecular flexibility index (Phi) is 7.87. The van der Waals surface area contributed by atoms with Gasteiger partial charge in [0.1, 0.15) is 30.0 Å². The fraction of sp³-hybridized carbons (Fsp3) is 0.107. The molecule has 2 aromatic heterocycles. The Morgan fingerprint density at radius 2 is 1.75 bits per heavy atom. The van der Waals surface area contributed by atoms with Crippen LogP contribution in [-0.2, 0) is 22.7 Å². The minimum Gasteiger partial charge on any atom is -0.508 e. The highest BCUT2D eigenvalue weighted by molar-refractivity contribution is 7.13. The summed E-state index contributed by atoms with van der Waals surface area (Å²) in [6, 6.07) is 19.1. The first kappa shape index (κ1) is 26.6. The zero-order chi connectivity index (χ0) is 28.1. The van der Waals surface area contributed by atoms with Crippen molar-refractivity contribution in [2.24, 2.45) is 0 Å². The topological polar surface area (TPSA) is 113 Å². The molecule has 0 aliphatic heterocycles. The van der Waals surface area contributed by atoms with Crippen LogP contribution in [0.5, 0.6) is 5.75 Å². The van der Waals surface area contributed by atoms with Crippen molar-refractivity contribution in [3.8, 4) is 16.5 Å². The third-order valence-electron chi connectivity index (χ3n) is 5.92. The highest BCUT2D eigenvalue weighted by atomic mass is 32.1. The first-order valence-corrected chi connectivity index (χ1v) is 13.0. The van der Waals surface area contributed by atoms with Gasteiger partial charge >= 0.3 is 0 Å². The normalized spacial score (nSPS) is 11.7. The molecule has 0 saturated heterocycles. The maximum Gasteiger partial charge on any atom is 0.251 e. The molecule has 1 atom stereocenters. The molecule has 3 aromatic carbocycles. The minimum absolute atomic E-state index is 0.0363. The number of hydrogen-bond donors (Lipinski definition) is 2. The van der Waals surface area contributed by atoms with Gasteiger partial charge in [0.2, 0.25) is 11.7 Å². The van der Waals surface area contributed by atoms with Crippen LogP contribution in [0, 0.1) is 11.6 Å². The molecule has 0 unspecified atom stereocenters. The van der Waals surface area contributed by atoms with Crippen molar-refractivity contribution < 1.29 is 23.5 Å². The second-order valence-corrected chi connectivity index (χ2v) is 9.65. The van der Waals surface area contributed by atoms with Crippen molar-refractivity contribution in [2.75, 3.05) is 4.90 Å². The van der Waals surface area contributed by atoms with Gasteiger partial charge < -0.3 is 10.4 Å². The molecule has 5 aromatic rings. The number of carbonyl (C=O) groups is 2. The number of hydrogen-bond acceptors (Lipinski definition) is 7. The van der Waals surface area contributed by atoms with Crippen molar-refractivity contribution in [1.29, 1.82) is 0 Å². The van der Waals surface area contributed by atoms with Gasteiger partial charge in [0.25, 0.3) is 5.91 Å². The van der Waals surface area contributed by atoms with Crippen LogP contribution in [0.4, 0.5) is 14.5 Å². The van der Waals surface area contributed by atoms with Crippen LogP contribution in [-0.4, -0.2) is 37.1 Å². The average molecular weight is 561 g/mol. The van der Waals surface area contributed by atoms with E-state index in [9.17, 15) is 23.5 Å². The lowest BCUT2D eigenvalue weighted by atomic mass is 10.0. The lowest BCUT2D eigenvalue weighted by Crippen LogP contribution is -2.45. The third-order valence-corrected chi connectivity index (χ3v) is 6.79. The molecule has 0 saturated carbocycles. The van der Waals surface area contributed by atoms with Crippen molar-refractivity contribution >= 4 is 28.8 Å². The fourth-order valence-corrected chi connectivity index (χ4v) is 4.69. The zero-order valence-electron chi connectivity index (χ0n) is 20.8. The van der Waals surface area contributed by atoms with E-state index in [1.165, 1.54) is 78.1 Å². The molecular formula is C28H22F2N6O3S. The predicted octanol–water partition coefficient (Wildman–Crippen LogP) is 4.48. The molecule has 2 N–H and O–H groups in total. The summed E-state index contributed by atoms with van der Waals surface area (Å²) in [6.45, 7) is -0.345.